The van der Waals surface area contributed by atoms with Crippen molar-refractivity contribution in [2.75, 3.05) is 13.7 Å². The highest BCUT2D eigenvalue weighted by Crippen LogP contribution is 2.28. The van der Waals surface area contributed by atoms with Crippen LogP contribution in [0.15, 0.2) is 79.4 Å². The first-order valence-corrected chi connectivity index (χ1v) is 11.1. The normalized spacial score (nSPS) is 10.9. The minimum absolute atomic E-state index is 0.605. The maximum absolute atomic E-state index is 6.06. The van der Waals surface area contributed by atoms with E-state index in [1.165, 1.54) is 16.6 Å². The van der Waals surface area contributed by atoms with Gasteiger partial charge in [0.25, 0.3) is 0 Å². The fourth-order valence-corrected chi connectivity index (χ4v) is 4.02. The van der Waals surface area contributed by atoms with Crippen LogP contribution < -0.4 is 9.47 Å². The standard InChI is InChI=1S/C28H30N2O2/c1-4-10-22-15-16-26(27(19-22)31-3)32-18-9-17-30-25-14-8-7-13-24(25)29-28(30)20-23-12-6-5-11-21(23)2/h4-8,11-16,19H,1,9-10,17-18,20H2,2-3H3. The number of ether oxygens (including phenoxy) is 2. The van der Waals surface area contributed by atoms with Gasteiger partial charge in [-0.2, -0.15) is 0 Å². The lowest BCUT2D eigenvalue weighted by atomic mass is 10.1. The zero-order valence-electron chi connectivity index (χ0n) is 18.9. The smallest absolute Gasteiger partial charge is 0.161 e. The summed E-state index contributed by atoms with van der Waals surface area (Å²) in [5.74, 6) is 2.63. The van der Waals surface area contributed by atoms with E-state index in [4.69, 9.17) is 14.5 Å². The van der Waals surface area contributed by atoms with Crippen molar-refractivity contribution in [1.82, 2.24) is 9.55 Å². The van der Waals surface area contributed by atoms with E-state index < -0.39 is 0 Å². The summed E-state index contributed by atoms with van der Waals surface area (Å²) in [6.07, 6.45) is 4.40. The molecule has 0 N–H and O–H groups in total. The molecule has 4 nitrogen and oxygen atoms in total. The van der Waals surface area contributed by atoms with Gasteiger partial charge in [0.1, 0.15) is 5.82 Å². The Morgan fingerprint density at radius 3 is 2.62 bits per heavy atom. The molecule has 0 saturated carbocycles. The van der Waals surface area contributed by atoms with Gasteiger partial charge in [0, 0.05) is 13.0 Å². The van der Waals surface area contributed by atoms with E-state index in [1.54, 1.807) is 7.11 Å². The molecule has 0 bridgehead atoms. The number of methoxy groups -OCH3 is 1. The van der Waals surface area contributed by atoms with Crippen molar-refractivity contribution in [2.24, 2.45) is 0 Å². The lowest BCUT2D eigenvalue weighted by Crippen LogP contribution is -2.09. The summed E-state index contributed by atoms with van der Waals surface area (Å²) in [5, 5.41) is 0. The van der Waals surface area contributed by atoms with Gasteiger partial charge in [-0.25, -0.2) is 4.98 Å². The number of hydrogen-bond acceptors (Lipinski definition) is 3. The molecule has 3 aromatic carbocycles. The SMILES string of the molecule is C=CCc1ccc(OCCCn2c(Cc3ccccc3C)nc3ccccc32)c(OC)c1. The van der Waals surface area contributed by atoms with Gasteiger partial charge in [0.05, 0.1) is 24.8 Å². The Morgan fingerprint density at radius 1 is 1.00 bits per heavy atom. The molecule has 4 rings (SSSR count). The van der Waals surface area contributed by atoms with Crippen molar-refractivity contribution in [3.8, 4) is 11.5 Å². The Morgan fingerprint density at radius 2 is 1.81 bits per heavy atom. The summed E-state index contributed by atoms with van der Waals surface area (Å²) in [4.78, 5) is 4.93. The number of para-hydroxylation sites is 2. The molecule has 0 amide bonds. The van der Waals surface area contributed by atoms with E-state index in [-0.39, 0.29) is 0 Å². The topological polar surface area (TPSA) is 36.3 Å². The Labute approximate surface area is 190 Å². The molecular weight excluding hydrogens is 396 g/mol. The predicted molar refractivity (Wildman–Crippen MR) is 131 cm³/mol. The first-order chi connectivity index (χ1) is 15.7. The van der Waals surface area contributed by atoms with Crippen LogP contribution in [0.1, 0.15) is 28.9 Å². The molecule has 0 atom stereocenters. The number of rotatable bonds is 10. The Bertz CT molecular complexity index is 1210. The van der Waals surface area contributed by atoms with Crippen molar-refractivity contribution in [3.05, 3.63) is 102 Å². The fraction of sp³-hybridized carbons (Fsp3) is 0.250. The van der Waals surface area contributed by atoms with E-state index in [2.05, 4.69) is 66.6 Å². The molecule has 0 unspecified atom stereocenters. The highest BCUT2D eigenvalue weighted by molar-refractivity contribution is 5.76. The van der Waals surface area contributed by atoms with Crippen LogP contribution in [0.5, 0.6) is 11.5 Å². The third-order valence-corrected chi connectivity index (χ3v) is 5.74. The van der Waals surface area contributed by atoms with Crippen LogP contribution >= 0.6 is 0 Å². The minimum atomic E-state index is 0.605. The molecular formula is C28H30N2O2. The van der Waals surface area contributed by atoms with Crippen LogP contribution in [-0.4, -0.2) is 23.3 Å². The zero-order valence-corrected chi connectivity index (χ0v) is 18.9. The number of nitrogens with zero attached hydrogens (tertiary/aromatic N) is 2. The second-order valence-electron chi connectivity index (χ2n) is 7.95. The third kappa shape index (κ3) is 4.86. The summed E-state index contributed by atoms with van der Waals surface area (Å²) in [7, 11) is 1.68. The van der Waals surface area contributed by atoms with E-state index in [1.807, 2.05) is 24.3 Å². The second-order valence-corrected chi connectivity index (χ2v) is 7.95. The highest BCUT2D eigenvalue weighted by atomic mass is 16.5. The molecule has 4 heteroatoms. The van der Waals surface area contributed by atoms with E-state index in [9.17, 15) is 0 Å². The maximum atomic E-state index is 6.06. The van der Waals surface area contributed by atoms with Crippen molar-refractivity contribution in [3.63, 3.8) is 0 Å². The van der Waals surface area contributed by atoms with Crippen LogP contribution in [-0.2, 0) is 19.4 Å². The largest absolute Gasteiger partial charge is 0.493 e. The van der Waals surface area contributed by atoms with Crippen LogP contribution in [0.25, 0.3) is 11.0 Å². The van der Waals surface area contributed by atoms with Crippen LogP contribution in [0.2, 0.25) is 0 Å². The molecule has 0 aliphatic carbocycles. The Kier molecular flexibility index (Phi) is 6.90. The van der Waals surface area contributed by atoms with Crippen LogP contribution in [0.4, 0.5) is 0 Å². The zero-order chi connectivity index (χ0) is 22.3. The quantitative estimate of drug-likeness (QED) is 0.226. The number of aromatic nitrogens is 2. The second kappa shape index (κ2) is 10.2. The van der Waals surface area contributed by atoms with E-state index >= 15 is 0 Å². The molecule has 0 saturated heterocycles. The van der Waals surface area contributed by atoms with Gasteiger partial charge in [0.2, 0.25) is 0 Å². The van der Waals surface area contributed by atoms with Gasteiger partial charge >= 0.3 is 0 Å². The number of hydrogen-bond donors (Lipinski definition) is 0. The van der Waals surface area contributed by atoms with Crippen molar-refractivity contribution >= 4 is 11.0 Å². The van der Waals surface area contributed by atoms with Crippen LogP contribution in [0, 0.1) is 6.92 Å². The summed E-state index contributed by atoms with van der Waals surface area (Å²) in [5.41, 5.74) is 5.97. The molecule has 1 heterocycles. The molecule has 32 heavy (non-hydrogen) atoms. The molecule has 0 spiro atoms. The van der Waals surface area contributed by atoms with Crippen molar-refractivity contribution < 1.29 is 9.47 Å². The average molecular weight is 427 g/mol. The molecule has 1 aromatic heterocycles. The first-order valence-electron chi connectivity index (χ1n) is 11.1. The molecule has 164 valence electrons. The third-order valence-electron chi connectivity index (χ3n) is 5.74. The van der Waals surface area contributed by atoms with E-state index in [0.717, 1.165) is 54.2 Å². The fourth-order valence-electron chi connectivity index (χ4n) is 4.02. The molecule has 0 aliphatic rings. The van der Waals surface area contributed by atoms with E-state index in [0.29, 0.717) is 6.61 Å². The number of allylic oxidation sites excluding steroid dienone is 1. The van der Waals surface area contributed by atoms with Crippen LogP contribution in [0.3, 0.4) is 0 Å². The average Bonchev–Trinajstić information content (AvgIpc) is 3.16. The maximum Gasteiger partial charge on any atom is 0.161 e. The number of imidazole rings is 1. The lowest BCUT2D eigenvalue weighted by molar-refractivity contribution is 0.282. The summed E-state index contributed by atoms with van der Waals surface area (Å²) in [6, 6.07) is 22.9. The summed E-state index contributed by atoms with van der Waals surface area (Å²) >= 11 is 0. The highest BCUT2D eigenvalue weighted by Gasteiger charge is 2.12. The molecule has 4 aromatic rings. The monoisotopic (exact) mass is 426 g/mol. The number of fused-ring (bicyclic) bond motifs is 1. The van der Waals surface area contributed by atoms with Gasteiger partial charge < -0.3 is 14.0 Å². The van der Waals surface area contributed by atoms with Gasteiger partial charge in [-0.05, 0) is 60.7 Å². The summed E-state index contributed by atoms with van der Waals surface area (Å²) < 4.78 is 13.9. The lowest BCUT2D eigenvalue weighted by Gasteiger charge is -2.13. The van der Waals surface area contributed by atoms with Gasteiger partial charge in [-0.3, -0.25) is 0 Å². The van der Waals surface area contributed by atoms with Crippen molar-refractivity contribution in [2.45, 2.75) is 32.7 Å². The van der Waals surface area contributed by atoms with Crippen molar-refractivity contribution in [1.29, 1.82) is 0 Å². The number of aryl methyl sites for hydroxylation is 2. The minimum Gasteiger partial charge on any atom is -0.493 e. The van der Waals surface area contributed by atoms with Gasteiger partial charge in [-0.1, -0.05) is 48.5 Å². The predicted octanol–water partition coefficient (Wildman–Crippen LogP) is 6.14. The molecule has 0 fully saturated rings. The molecule has 0 radical (unpaired) electrons. The Balaban J connectivity index is 1.47. The summed E-state index contributed by atoms with van der Waals surface area (Å²) in [6.45, 7) is 7.41. The van der Waals surface area contributed by atoms with Gasteiger partial charge in [-0.15, -0.1) is 6.58 Å². The number of benzene rings is 3. The van der Waals surface area contributed by atoms with Gasteiger partial charge in [0.15, 0.2) is 11.5 Å². The first kappa shape index (κ1) is 21.7. The molecule has 0 aliphatic heterocycles. The Hall–Kier alpha value is -3.53.